The minimum Gasteiger partial charge on any atom is -0.314 e. The van der Waals surface area contributed by atoms with E-state index >= 15 is 0 Å². The molecule has 5 unspecified atom stereocenters. The third-order valence-corrected chi connectivity index (χ3v) is 6.21. The van der Waals surface area contributed by atoms with Gasteiger partial charge in [0.15, 0.2) is 0 Å². The summed E-state index contributed by atoms with van der Waals surface area (Å²) in [4.78, 5) is 0. The van der Waals surface area contributed by atoms with Crippen molar-refractivity contribution >= 4 is 0 Å². The summed E-state index contributed by atoms with van der Waals surface area (Å²) in [5, 5.41) is 3.84. The maximum Gasteiger partial charge on any atom is 0.0129 e. The molecule has 3 aliphatic rings. The fraction of sp³-hybridized carbons (Fsp3) is 1.00. The summed E-state index contributed by atoms with van der Waals surface area (Å²) in [6.07, 6.45) is 7.43. The third-order valence-electron chi connectivity index (χ3n) is 6.21. The molecule has 0 saturated heterocycles. The number of fused-ring (bicyclic) bond motifs is 5. The fourth-order valence-electron chi connectivity index (χ4n) is 5.52. The number of hydrogen-bond acceptors (Lipinski definition) is 1. The van der Waals surface area contributed by atoms with Crippen LogP contribution >= 0.6 is 0 Å². The first kappa shape index (κ1) is 12.0. The SMILES string of the molecule is CCNC(C(CC)CC)C1C2C3CCC(C3)C21. The van der Waals surface area contributed by atoms with Crippen LogP contribution in [-0.2, 0) is 0 Å². The Hall–Kier alpha value is -0.0400. The second-order valence-corrected chi connectivity index (χ2v) is 6.73. The van der Waals surface area contributed by atoms with E-state index in [-0.39, 0.29) is 0 Å². The molecular weight excluding hydrogens is 206 g/mol. The highest BCUT2D eigenvalue weighted by molar-refractivity contribution is 5.16. The van der Waals surface area contributed by atoms with E-state index in [1.54, 1.807) is 19.3 Å². The maximum atomic E-state index is 3.84. The topological polar surface area (TPSA) is 12.0 Å². The van der Waals surface area contributed by atoms with Crippen molar-refractivity contribution in [1.29, 1.82) is 0 Å². The molecule has 1 nitrogen and oxygen atoms in total. The fourth-order valence-corrected chi connectivity index (χ4v) is 5.52. The maximum absolute atomic E-state index is 3.84. The average molecular weight is 235 g/mol. The van der Waals surface area contributed by atoms with Gasteiger partial charge in [0.1, 0.15) is 0 Å². The summed E-state index contributed by atoms with van der Waals surface area (Å²) in [5.41, 5.74) is 0. The van der Waals surface area contributed by atoms with Gasteiger partial charge in [0.25, 0.3) is 0 Å². The zero-order chi connectivity index (χ0) is 12.0. The van der Waals surface area contributed by atoms with Gasteiger partial charge in [-0.15, -0.1) is 0 Å². The molecule has 3 saturated carbocycles. The summed E-state index contributed by atoms with van der Waals surface area (Å²) in [6.45, 7) is 8.20. The van der Waals surface area contributed by atoms with Gasteiger partial charge >= 0.3 is 0 Å². The Kier molecular flexibility index (Phi) is 3.23. The van der Waals surface area contributed by atoms with Crippen LogP contribution in [-0.4, -0.2) is 12.6 Å². The summed E-state index contributed by atoms with van der Waals surface area (Å²) in [6, 6.07) is 0.841. The van der Waals surface area contributed by atoms with Crippen molar-refractivity contribution in [3.8, 4) is 0 Å². The van der Waals surface area contributed by atoms with Crippen LogP contribution in [0.4, 0.5) is 0 Å². The molecule has 17 heavy (non-hydrogen) atoms. The van der Waals surface area contributed by atoms with Crippen molar-refractivity contribution in [1.82, 2.24) is 5.32 Å². The lowest BCUT2D eigenvalue weighted by Gasteiger charge is -2.28. The summed E-state index contributed by atoms with van der Waals surface area (Å²) >= 11 is 0. The highest BCUT2D eigenvalue weighted by Crippen LogP contribution is 2.70. The molecule has 0 aromatic rings. The third kappa shape index (κ3) is 1.77. The van der Waals surface area contributed by atoms with E-state index in [9.17, 15) is 0 Å². The van der Waals surface area contributed by atoms with Crippen LogP contribution < -0.4 is 5.32 Å². The standard InChI is InChI=1S/C16H29N/c1-4-10(5-2)16(17-6-3)15-13-11-7-8-12(9-11)14(13)15/h10-17H,4-9H2,1-3H3. The second-order valence-electron chi connectivity index (χ2n) is 6.73. The van der Waals surface area contributed by atoms with E-state index in [1.165, 1.54) is 12.8 Å². The van der Waals surface area contributed by atoms with Gasteiger partial charge in [-0.05, 0) is 61.3 Å². The second kappa shape index (κ2) is 4.57. The Balaban J connectivity index is 1.69. The van der Waals surface area contributed by atoms with E-state index in [1.807, 2.05) is 0 Å². The normalized spacial score (nSPS) is 44.1. The summed E-state index contributed by atoms with van der Waals surface area (Å²) < 4.78 is 0. The first-order valence-corrected chi connectivity index (χ1v) is 8.05. The molecule has 98 valence electrons. The lowest BCUT2D eigenvalue weighted by atomic mass is 9.86. The lowest BCUT2D eigenvalue weighted by Crippen LogP contribution is -2.39. The van der Waals surface area contributed by atoms with Gasteiger partial charge in [0, 0.05) is 6.04 Å². The Labute approximate surface area is 107 Å². The molecule has 0 aliphatic heterocycles. The monoisotopic (exact) mass is 235 g/mol. The van der Waals surface area contributed by atoms with Crippen molar-refractivity contribution < 1.29 is 0 Å². The van der Waals surface area contributed by atoms with Crippen molar-refractivity contribution in [2.45, 2.75) is 58.9 Å². The van der Waals surface area contributed by atoms with Crippen molar-refractivity contribution in [2.24, 2.45) is 35.5 Å². The van der Waals surface area contributed by atoms with Crippen LogP contribution in [0.25, 0.3) is 0 Å². The minimum absolute atomic E-state index is 0.841. The Morgan fingerprint density at radius 2 is 1.59 bits per heavy atom. The van der Waals surface area contributed by atoms with E-state index in [0.717, 1.165) is 48.1 Å². The molecule has 0 amide bonds. The molecule has 1 heteroatoms. The largest absolute Gasteiger partial charge is 0.314 e. The van der Waals surface area contributed by atoms with Gasteiger partial charge in [-0.3, -0.25) is 0 Å². The predicted octanol–water partition coefficient (Wildman–Crippen LogP) is 3.69. The molecule has 3 fully saturated rings. The van der Waals surface area contributed by atoms with Crippen LogP contribution in [0.3, 0.4) is 0 Å². The van der Waals surface area contributed by atoms with Gasteiger partial charge in [-0.25, -0.2) is 0 Å². The lowest BCUT2D eigenvalue weighted by molar-refractivity contribution is 0.266. The van der Waals surface area contributed by atoms with E-state index < -0.39 is 0 Å². The first-order valence-electron chi connectivity index (χ1n) is 8.05. The van der Waals surface area contributed by atoms with E-state index in [2.05, 4.69) is 26.1 Å². The average Bonchev–Trinajstić information content (AvgIpc) is 2.76. The van der Waals surface area contributed by atoms with Gasteiger partial charge < -0.3 is 5.32 Å². The number of rotatable bonds is 6. The highest BCUT2D eigenvalue weighted by Gasteiger charge is 2.66. The van der Waals surface area contributed by atoms with E-state index in [0.29, 0.717) is 0 Å². The zero-order valence-corrected chi connectivity index (χ0v) is 11.8. The zero-order valence-electron chi connectivity index (χ0n) is 11.8. The molecule has 0 aromatic carbocycles. The van der Waals surface area contributed by atoms with Gasteiger partial charge in [0.05, 0.1) is 0 Å². The van der Waals surface area contributed by atoms with Crippen LogP contribution in [0.5, 0.6) is 0 Å². The molecule has 1 N–H and O–H groups in total. The molecule has 3 rings (SSSR count). The highest BCUT2D eigenvalue weighted by atomic mass is 15.0. The summed E-state index contributed by atoms with van der Waals surface area (Å²) in [7, 11) is 0. The predicted molar refractivity (Wildman–Crippen MR) is 72.8 cm³/mol. The smallest absolute Gasteiger partial charge is 0.0129 e. The molecule has 0 aromatic heterocycles. The first-order chi connectivity index (χ1) is 8.31. The van der Waals surface area contributed by atoms with Crippen LogP contribution in [0.1, 0.15) is 52.9 Å². The molecule has 5 atom stereocenters. The van der Waals surface area contributed by atoms with Gasteiger partial charge in [0.2, 0.25) is 0 Å². The van der Waals surface area contributed by atoms with Gasteiger partial charge in [-0.2, -0.15) is 0 Å². The van der Waals surface area contributed by atoms with Crippen LogP contribution in [0.2, 0.25) is 0 Å². The van der Waals surface area contributed by atoms with Gasteiger partial charge in [-0.1, -0.05) is 33.6 Å². The van der Waals surface area contributed by atoms with Crippen molar-refractivity contribution in [3.63, 3.8) is 0 Å². The van der Waals surface area contributed by atoms with Crippen molar-refractivity contribution in [3.05, 3.63) is 0 Å². The summed E-state index contributed by atoms with van der Waals surface area (Å²) in [5.74, 6) is 6.52. The number of nitrogens with one attached hydrogen (secondary N) is 1. The molecule has 2 bridgehead atoms. The Morgan fingerprint density at radius 3 is 2.06 bits per heavy atom. The molecule has 0 spiro atoms. The Bertz CT molecular complexity index is 255. The Morgan fingerprint density at radius 1 is 1.00 bits per heavy atom. The van der Waals surface area contributed by atoms with E-state index in [4.69, 9.17) is 0 Å². The molecular formula is C16H29N. The molecule has 0 radical (unpaired) electrons. The molecule has 3 aliphatic carbocycles. The number of hydrogen-bond donors (Lipinski definition) is 1. The molecule has 0 heterocycles. The quantitative estimate of drug-likeness (QED) is 0.740. The van der Waals surface area contributed by atoms with Crippen LogP contribution in [0, 0.1) is 35.5 Å². The minimum atomic E-state index is 0.841. The van der Waals surface area contributed by atoms with Crippen LogP contribution in [0.15, 0.2) is 0 Å². The van der Waals surface area contributed by atoms with Crippen molar-refractivity contribution in [2.75, 3.05) is 6.54 Å².